The second-order valence-corrected chi connectivity index (χ2v) is 5.56. The van der Waals surface area contributed by atoms with E-state index in [1.807, 2.05) is 17.8 Å². The van der Waals surface area contributed by atoms with Crippen molar-refractivity contribution < 1.29 is 0 Å². The Morgan fingerprint density at radius 2 is 2.14 bits per heavy atom. The second-order valence-electron chi connectivity index (χ2n) is 3.37. The van der Waals surface area contributed by atoms with E-state index in [9.17, 15) is 0 Å². The lowest BCUT2D eigenvalue weighted by Crippen LogP contribution is -1.99. The van der Waals surface area contributed by atoms with Crippen LogP contribution in [0.25, 0.3) is 0 Å². The fourth-order valence-electron chi connectivity index (χ4n) is 1.03. The van der Waals surface area contributed by atoms with Crippen molar-refractivity contribution in [2.24, 2.45) is 5.92 Å². The zero-order valence-corrected chi connectivity index (χ0v) is 11.3. The first-order valence-electron chi connectivity index (χ1n) is 4.61. The van der Waals surface area contributed by atoms with Crippen molar-refractivity contribution in [3.8, 4) is 0 Å². The molecule has 0 nitrogen and oxygen atoms in total. The van der Waals surface area contributed by atoms with Crippen LogP contribution in [0.2, 0.25) is 0 Å². The molecule has 0 aromatic heterocycles. The summed E-state index contributed by atoms with van der Waals surface area (Å²) in [5, 5.41) is 0. The van der Waals surface area contributed by atoms with E-state index < -0.39 is 0 Å². The summed E-state index contributed by atoms with van der Waals surface area (Å²) in [6, 6.07) is 8.36. The van der Waals surface area contributed by atoms with Gasteiger partial charge in [0.05, 0.1) is 0 Å². The van der Waals surface area contributed by atoms with Crippen LogP contribution in [0.5, 0.6) is 0 Å². The molecule has 0 aliphatic carbocycles. The molecule has 0 saturated carbocycles. The summed E-state index contributed by atoms with van der Waals surface area (Å²) >= 11 is 11.2. The third-order valence-electron chi connectivity index (χ3n) is 1.88. The van der Waals surface area contributed by atoms with Crippen LogP contribution in [0.4, 0.5) is 0 Å². The monoisotopic (exact) mass is 292 g/mol. The van der Waals surface area contributed by atoms with Gasteiger partial charge in [0.2, 0.25) is 0 Å². The smallest absolute Gasteiger partial charge is 0.0257 e. The molecule has 1 aromatic rings. The number of rotatable bonds is 5. The van der Waals surface area contributed by atoms with E-state index in [4.69, 9.17) is 11.6 Å². The summed E-state index contributed by atoms with van der Waals surface area (Å²) in [6.07, 6.45) is 0. The normalized spacial score (nSPS) is 12.8. The predicted octanol–water partition coefficient (Wildman–Crippen LogP) is 4.56. The third-order valence-corrected chi connectivity index (χ3v) is 4.50. The summed E-state index contributed by atoms with van der Waals surface area (Å²) in [7, 11) is 0. The van der Waals surface area contributed by atoms with Crippen molar-refractivity contribution in [2.45, 2.75) is 12.7 Å². The highest BCUT2D eigenvalue weighted by atomic mass is 79.9. The minimum atomic E-state index is 0.601. The van der Waals surface area contributed by atoms with Crippen LogP contribution in [-0.2, 0) is 5.75 Å². The van der Waals surface area contributed by atoms with Gasteiger partial charge in [-0.1, -0.05) is 41.1 Å². The Morgan fingerprint density at radius 1 is 1.43 bits per heavy atom. The summed E-state index contributed by atoms with van der Waals surface area (Å²) in [6.45, 7) is 2.18. The number of thioether (sulfide) groups is 1. The molecule has 1 atom stereocenters. The van der Waals surface area contributed by atoms with Crippen LogP contribution in [0, 0.1) is 5.92 Å². The number of halogens is 2. The van der Waals surface area contributed by atoms with Crippen molar-refractivity contribution in [1.82, 2.24) is 0 Å². The molecule has 0 N–H and O–H groups in total. The van der Waals surface area contributed by atoms with Gasteiger partial charge in [0, 0.05) is 16.1 Å². The molecular weight excluding hydrogens is 280 g/mol. The van der Waals surface area contributed by atoms with Crippen molar-refractivity contribution >= 4 is 39.3 Å². The SMILES string of the molecule is CC(CCl)CSCc1ccccc1Br. The van der Waals surface area contributed by atoms with Gasteiger partial charge < -0.3 is 0 Å². The summed E-state index contributed by atoms with van der Waals surface area (Å²) in [5.41, 5.74) is 1.36. The molecule has 0 bridgehead atoms. The van der Waals surface area contributed by atoms with E-state index >= 15 is 0 Å². The average Bonchev–Trinajstić information content (AvgIpc) is 2.20. The van der Waals surface area contributed by atoms with Gasteiger partial charge in [0.15, 0.2) is 0 Å². The van der Waals surface area contributed by atoms with Gasteiger partial charge >= 0.3 is 0 Å². The molecule has 0 spiro atoms. The van der Waals surface area contributed by atoms with Gasteiger partial charge in [0.1, 0.15) is 0 Å². The fourth-order valence-corrected chi connectivity index (χ4v) is 2.99. The maximum absolute atomic E-state index is 5.74. The number of benzene rings is 1. The molecule has 3 heteroatoms. The minimum Gasteiger partial charge on any atom is -0.157 e. The largest absolute Gasteiger partial charge is 0.157 e. The van der Waals surface area contributed by atoms with Gasteiger partial charge in [-0.15, -0.1) is 11.6 Å². The maximum atomic E-state index is 5.74. The van der Waals surface area contributed by atoms with E-state index in [0.29, 0.717) is 5.92 Å². The first-order chi connectivity index (χ1) is 6.74. The third kappa shape index (κ3) is 4.24. The van der Waals surface area contributed by atoms with Gasteiger partial charge in [-0.05, 0) is 23.3 Å². The molecule has 14 heavy (non-hydrogen) atoms. The summed E-state index contributed by atoms with van der Waals surface area (Å²) < 4.78 is 1.20. The van der Waals surface area contributed by atoms with Crippen molar-refractivity contribution in [2.75, 3.05) is 11.6 Å². The Bertz CT molecular complexity index is 278. The molecule has 1 unspecified atom stereocenters. The topological polar surface area (TPSA) is 0 Å². The van der Waals surface area contributed by atoms with Gasteiger partial charge in [0.25, 0.3) is 0 Å². The van der Waals surface area contributed by atoms with Crippen LogP contribution in [0.3, 0.4) is 0 Å². The number of hydrogen-bond acceptors (Lipinski definition) is 1. The highest BCUT2D eigenvalue weighted by Crippen LogP contribution is 2.22. The van der Waals surface area contributed by atoms with E-state index in [0.717, 1.165) is 17.4 Å². The molecule has 0 aliphatic rings. The maximum Gasteiger partial charge on any atom is 0.0257 e. The Morgan fingerprint density at radius 3 is 2.79 bits per heavy atom. The van der Waals surface area contributed by atoms with Crippen LogP contribution >= 0.6 is 39.3 Å². The Hall–Kier alpha value is 0.340. The Kier molecular flexibility index (Phi) is 5.99. The Labute approximate surface area is 104 Å². The molecule has 0 saturated heterocycles. The van der Waals surface area contributed by atoms with Crippen LogP contribution < -0.4 is 0 Å². The minimum absolute atomic E-state index is 0.601. The van der Waals surface area contributed by atoms with Crippen LogP contribution in [0.15, 0.2) is 28.7 Å². The lowest BCUT2D eigenvalue weighted by molar-refractivity contribution is 0.759. The lowest BCUT2D eigenvalue weighted by atomic mass is 10.2. The number of alkyl halides is 1. The molecule has 78 valence electrons. The molecule has 1 aromatic carbocycles. The van der Waals surface area contributed by atoms with Crippen LogP contribution in [-0.4, -0.2) is 11.6 Å². The lowest BCUT2D eigenvalue weighted by Gasteiger charge is -2.07. The molecule has 0 fully saturated rings. The molecule has 0 heterocycles. The second kappa shape index (κ2) is 6.76. The van der Waals surface area contributed by atoms with Crippen molar-refractivity contribution in [1.29, 1.82) is 0 Å². The first kappa shape index (κ1) is 12.4. The number of hydrogen-bond donors (Lipinski definition) is 0. The summed E-state index contributed by atoms with van der Waals surface area (Å²) in [5.74, 6) is 3.54. The Balaban J connectivity index is 2.35. The predicted molar refractivity (Wildman–Crippen MR) is 70.2 cm³/mol. The zero-order chi connectivity index (χ0) is 10.4. The van der Waals surface area contributed by atoms with Gasteiger partial charge in [-0.3, -0.25) is 0 Å². The first-order valence-corrected chi connectivity index (χ1v) is 7.09. The van der Waals surface area contributed by atoms with Gasteiger partial charge in [-0.2, -0.15) is 11.8 Å². The molecule has 0 radical (unpaired) electrons. The summed E-state index contributed by atoms with van der Waals surface area (Å²) in [4.78, 5) is 0. The highest BCUT2D eigenvalue weighted by Gasteiger charge is 2.02. The van der Waals surface area contributed by atoms with Crippen LogP contribution in [0.1, 0.15) is 12.5 Å². The highest BCUT2D eigenvalue weighted by molar-refractivity contribution is 9.10. The zero-order valence-electron chi connectivity index (χ0n) is 8.17. The standard InChI is InChI=1S/C11H14BrClS/c1-9(6-13)7-14-8-10-4-2-3-5-11(10)12/h2-5,9H,6-8H2,1H3. The van der Waals surface area contributed by atoms with Gasteiger partial charge in [-0.25, -0.2) is 0 Å². The molecule has 0 aliphatic heterocycles. The van der Waals surface area contributed by atoms with E-state index in [1.165, 1.54) is 10.0 Å². The quantitative estimate of drug-likeness (QED) is 0.717. The average molecular weight is 294 g/mol. The van der Waals surface area contributed by atoms with E-state index in [1.54, 1.807) is 0 Å². The molecular formula is C11H14BrClS. The molecule has 0 amide bonds. The van der Waals surface area contributed by atoms with E-state index in [2.05, 4.69) is 41.1 Å². The fraction of sp³-hybridized carbons (Fsp3) is 0.455. The van der Waals surface area contributed by atoms with Crippen molar-refractivity contribution in [3.63, 3.8) is 0 Å². The molecule has 1 rings (SSSR count). The van der Waals surface area contributed by atoms with Crippen molar-refractivity contribution in [3.05, 3.63) is 34.3 Å². The van der Waals surface area contributed by atoms with E-state index in [-0.39, 0.29) is 0 Å².